The highest BCUT2D eigenvalue weighted by atomic mass is 16.5. The molecule has 0 spiro atoms. The normalized spacial score (nSPS) is 11.8. The number of carbonyl (C=O) groups excluding carboxylic acids is 4. The van der Waals surface area contributed by atoms with E-state index in [2.05, 4.69) is 50.2 Å². The number of rotatable bonds is 10. The largest absolute Gasteiger partial charge is 0.475 e. The van der Waals surface area contributed by atoms with Crippen LogP contribution in [0.3, 0.4) is 0 Å². The van der Waals surface area contributed by atoms with E-state index in [4.69, 9.17) is 5.11 Å². The van der Waals surface area contributed by atoms with Crippen molar-refractivity contribution >= 4 is 47.0 Å². The van der Waals surface area contributed by atoms with Crippen LogP contribution < -0.4 is 10.6 Å². The minimum absolute atomic E-state index is 0.194. The molecule has 0 radical (unpaired) electrons. The highest BCUT2D eigenvalue weighted by molar-refractivity contribution is 5.94. The summed E-state index contributed by atoms with van der Waals surface area (Å²) in [6, 6.07) is 15.2. The Morgan fingerprint density at radius 2 is 1.00 bits per heavy atom. The number of fused-ring (bicyclic) bond motifs is 2. The predicted octanol–water partition coefficient (Wildman–Crippen LogP) is 2.20. The molecule has 0 aliphatic carbocycles. The van der Waals surface area contributed by atoms with Gasteiger partial charge in [0.05, 0.1) is 49.8 Å². The Hall–Kier alpha value is -7.64. The Bertz CT molecular complexity index is 2390. The van der Waals surface area contributed by atoms with Crippen molar-refractivity contribution in [3.05, 3.63) is 119 Å². The number of aromatic nitrogens is 8. The van der Waals surface area contributed by atoms with Gasteiger partial charge in [-0.3, -0.25) is 9.59 Å². The molecule has 0 unspecified atom stereocenters. The van der Waals surface area contributed by atoms with Crippen LogP contribution in [0.5, 0.6) is 0 Å². The highest BCUT2D eigenvalue weighted by Gasteiger charge is 2.22. The standard InChI is InChI=1S/2C17H15N5O5/c1-9(10-3-5-11(6-4-10)17(26)27-2)19-15(23)14-21-13(16(24)25)20-12-7-8-18-22(12)14;1-9(10-3-5-11(6-4-10)17(26)27-2)19-15(23)13-20-12-7-8-18-22(12)14(21-13)16(24)25/h2*3-9H,1-2H3,(H,19,23)(H,24,25)/t2*9-/m00/s1. The number of esters is 2. The summed E-state index contributed by atoms with van der Waals surface area (Å²) in [5, 5.41) is 31.5. The van der Waals surface area contributed by atoms with Crippen molar-refractivity contribution in [1.82, 2.24) is 49.8 Å². The number of nitrogens with zero attached hydrogens (tertiary/aromatic N) is 8. The molecule has 0 saturated heterocycles. The fourth-order valence-electron chi connectivity index (χ4n) is 4.87. The summed E-state index contributed by atoms with van der Waals surface area (Å²) >= 11 is 0. The average Bonchev–Trinajstić information content (AvgIpc) is 3.86. The van der Waals surface area contributed by atoms with E-state index in [1.54, 1.807) is 62.4 Å². The third-order valence-corrected chi connectivity index (χ3v) is 7.66. The first-order chi connectivity index (χ1) is 25.8. The van der Waals surface area contributed by atoms with Gasteiger partial charge < -0.3 is 30.3 Å². The Labute approximate surface area is 303 Å². The number of aromatic carboxylic acids is 2. The molecule has 0 fully saturated rings. The molecule has 54 heavy (non-hydrogen) atoms. The van der Waals surface area contributed by atoms with E-state index < -0.39 is 59.4 Å². The summed E-state index contributed by atoms with van der Waals surface area (Å²) in [5.74, 6) is -6.22. The minimum Gasteiger partial charge on any atom is -0.475 e. The lowest BCUT2D eigenvalue weighted by atomic mass is 10.1. The maximum atomic E-state index is 12.6. The molecular weight excluding hydrogens is 708 g/mol. The van der Waals surface area contributed by atoms with Crippen LogP contribution in [0.1, 0.15) is 100 Å². The van der Waals surface area contributed by atoms with Gasteiger partial charge in [-0.25, -0.2) is 29.1 Å². The molecule has 4 N–H and O–H groups in total. The zero-order valence-electron chi connectivity index (χ0n) is 28.8. The van der Waals surface area contributed by atoms with E-state index in [1.165, 1.54) is 38.7 Å². The maximum Gasteiger partial charge on any atom is 0.374 e. The number of amides is 2. The van der Waals surface area contributed by atoms with Gasteiger partial charge in [0, 0.05) is 12.1 Å². The van der Waals surface area contributed by atoms with Crippen molar-refractivity contribution in [2.75, 3.05) is 14.2 Å². The molecule has 6 rings (SSSR count). The SMILES string of the molecule is COC(=O)c1ccc([C@H](C)NC(=O)c2nc(C(=O)O)n3nccc3n2)cc1.COC(=O)c1ccc([C@H](C)NC(=O)c2nc(C(=O)O)nc3ccnn23)cc1. The second-order valence-electron chi connectivity index (χ2n) is 11.2. The molecule has 4 aromatic heterocycles. The van der Waals surface area contributed by atoms with Gasteiger partial charge in [0.25, 0.3) is 11.8 Å². The van der Waals surface area contributed by atoms with Crippen molar-refractivity contribution in [2.45, 2.75) is 25.9 Å². The molecule has 276 valence electrons. The molecule has 20 nitrogen and oxygen atoms in total. The van der Waals surface area contributed by atoms with Gasteiger partial charge in [-0.1, -0.05) is 24.3 Å². The summed E-state index contributed by atoms with van der Waals surface area (Å²) in [4.78, 5) is 85.9. The van der Waals surface area contributed by atoms with Crippen molar-refractivity contribution in [3.8, 4) is 0 Å². The molecular formula is C34H30N10O10. The molecule has 2 atom stereocenters. The zero-order valence-corrected chi connectivity index (χ0v) is 28.8. The van der Waals surface area contributed by atoms with E-state index in [1.807, 2.05) is 0 Å². The average molecular weight is 739 g/mol. The fraction of sp³-hybridized carbons (Fsp3) is 0.176. The number of hydrogen-bond acceptors (Lipinski definition) is 14. The first-order valence-electron chi connectivity index (χ1n) is 15.7. The number of nitrogens with one attached hydrogen (secondary N) is 2. The third-order valence-electron chi connectivity index (χ3n) is 7.66. The Balaban J connectivity index is 0.000000208. The van der Waals surface area contributed by atoms with Crippen LogP contribution in [-0.2, 0) is 9.47 Å². The first kappa shape index (κ1) is 37.6. The number of hydrogen-bond donors (Lipinski definition) is 4. The second kappa shape index (κ2) is 16.1. The Morgan fingerprint density at radius 1 is 0.574 bits per heavy atom. The van der Waals surface area contributed by atoms with Gasteiger partial charge in [-0.05, 0) is 49.2 Å². The molecule has 0 bridgehead atoms. The van der Waals surface area contributed by atoms with E-state index in [-0.39, 0.29) is 22.9 Å². The molecule has 4 heterocycles. The summed E-state index contributed by atoms with van der Waals surface area (Å²) in [6.45, 7) is 3.48. The van der Waals surface area contributed by atoms with Gasteiger partial charge in [0.2, 0.25) is 23.3 Å². The van der Waals surface area contributed by atoms with E-state index in [9.17, 15) is 33.9 Å². The van der Waals surface area contributed by atoms with Crippen molar-refractivity contribution < 1.29 is 48.5 Å². The van der Waals surface area contributed by atoms with Crippen LogP contribution in [0.2, 0.25) is 0 Å². The molecule has 2 amide bonds. The highest BCUT2D eigenvalue weighted by Crippen LogP contribution is 2.17. The van der Waals surface area contributed by atoms with Gasteiger partial charge >= 0.3 is 23.9 Å². The van der Waals surface area contributed by atoms with Crippen LogP contribution in [0.25, 0.3) is 11.3 Å². The van der Waals surface area contributed by atoms with Crippen LogP contribution in [0.15, 0.2) is 73.1 Å². The van der Waals surface area contributed by atoms with Crippen LogP contribution >= 0.6 is 0 Å². The molecule has 0 aliphatic rings. The fourth-order valence-corrected chi connectivity index (χ4v) is 4.87. The van der Waals surface area contributed by atoms with Gasteiger partial charge in [0.15, 0.2) is 11.3 Å². The Kier molecular flexibility index (Phi) is 11.2. The predicted molar refractivity (Wildman–Crippen MR) is 183 cm³/mol. The zero-order chi connectivity index (χ0) is 39.1. The lowest BCUT2D eigenvalue weighted by Crippen LogP contribution is -2.30. The Morgan fingerprint density at radius 3 is 1.44 bits per heavy atom. The number of methoxy groups -OCH3 is 2. The van der Waals surface area contributed by atoms with E-state index in [0.29, 0.717) is 11.1 Å². The lowest BCUT2D eigenvalue weighted by molar-refractivity contribution is 0.0592. The van der Waals surface area contributed by atoms with E-state index >= 15 is 0 Å². The van der Waals surface area contributed by atoms with Gasteiger partial charge in [-0.15, -0.1) is 0 Å². The van der Waals surface area contributed by atoms with E-state index in [0.717, 1.165) is 20.2 Å². The monoisotopic (exact) mass is 738 g/mol. The van der Waals surface area contributed by atoms with Crippen molar-refractivity contribution in [3.63, 3.8) is 0 Å². The number of benzene rings is 2. The molecule has 0 aliphatic heterocycles. The number of carbonyl (C=O) groups is 6. The molecule has 2 aromatic carbocycles. The maximum absolute atomic E-state index is 12.6. The lowest BCUT2D eigenvalue weighted by Gasteiger charge is -2.15. The number of ether oxygens (including phenoxy) is 2. The molecule has 20 heteroatoms. The van der Waals surface area contributed by atoms with Crippen LogP contribution in [0.4, 0.5) is 0 Å². The van der Waals surface area contributed by atoms with Crippen molar-refractivity contribution in [2.24, 2.45) is 0 Å². The van der Waals surface area contributed by atoms with Gasteiger partial charge in [-0.2, -0.15) is 29.2 Å². The first-order valence-corrected chi connectivity index (χ1v) is 15.7. The third kappa shape index (κ3) is 8.28. The smallest absolute Gasteiger partial charge is 0.374 e. The van der Waals surface area contributed by atoms with Gasteiger partial charge in [0.1, 0.15) is 0 Å². The topological polar surface area (TPSA) is 272 Å². The summed E-state index contributed by atoms with van der Waals surface area (Å²) in [5.41, 5.74) is 2.64. The summed E-state index contributed by atoms with van der Waals surface area (Å²) in [7, 11) is 2.59. The number of carboxylic acid groups (broad SMARTS) is 2. The molecule has 0 saturated carbocycles. The summed E-state index contributed by atoms with van der Waals surface area (Å²) < 4.78 is 11.5. The second-order valence-corrected chi connectivity index (χ2v) is 11.2. The molecule has 6 aromatic rings. The number of carboxylic acids is 2. The minimum atomic E-state index is -1.35. The van der Waals surface area contributed by atoms with Crippen molar-refractivity contribution in [1.29, 1.82) is 0 Å². The summed E-state index contributed by atoms with van der Waals surface area (Å²) in [6.07, 6.45) is 2.75. The van der Waals surface area contributed by atoms with Crippen LogP contribution in [0, 0.1) is 0 Å². The quantitative estimate of drug-likeness (QED) is 0.147. The van der Waals surface area contributed by atoms with Crippen LogP contribution in [-0.4, -0.2) is 99.3 Å².